The third kappa shape index (κ3) is 6.55. The van der Waals surface area contributed by atoms with Crippen LogP contribution in [0.25, 0.3) is 0 Å². The van der Waals surface area contributed by atoms with Crippen molar-refractivity contribution in [1.29, 1.82) is 0 Å². The van der Waals surface area contributed by atoms with Crippen LogP contribution in [0.5, 0.6) is 0 Å². The van der Waals surface area contributed by atoms with E-state index in [9.17, 15) is 9.59 Å². The van der Waals surface area contributed by atoms with Crippen LogP contribution in [0.1, 0.15) is 40.5 Å². The number of amides is 2. The predicted octanol–water partition coefficient (Wildman–Crippen LogP) is 3.13. The average molecular weight is 363 g/mol. The van der Waals surface area contributed by atoms with Gasteiger partial charge in [0.25, 0.3) is 0 Å². The predicted molar refractivity (Wildman–Crippen MR) is 101 cm³/mol. The molecule has 2 rings (SSSR count). The second kappa shape index (κ2) is 8.89. The van der Waals surface area contributed by atoms with Crippen molar-refractivity contribution >= 4 is 23.4 Å². The Morgan fingerprint density at radius 2 is 1.77 bits per heavy atom. The van der Waals surface area contributed by atoms with Gasteiger partial charge >= 0.3 is 6.09 Å². The molecule has 1 aromatic carbocycles. The highest BCUT2D eigenvalue weighted by Gasteiger charge is 2.22. The Kier molecular flexibility index (Phi) is 6.85. The van der Waals surface area contributed by atoms with Crippen molar-refractivity contribution in [3.05, 3.63) is 24.3 Å². The molecule has 3 N–H and O–H groups in total. The summed E-state index contributed by atoms with van der Waals surface area (Å²) in [7, 11) is 0. The first kappa shape index (κ1) is 20.0. The molecule has 1 aliphatic rings. The first-order valence-corrected chi connectivity index (χ1v) is 8.98. The van der Waals surface area contributed by atoms with Crippen molar-refractivity contribution in [2.45, 2.75) is 58.2 Å². The van der Waals surface area contributed by atoms with Crippen molar-refractivity contribution in [2.24, 2.45) is 0 Å². The second-order valence-electron chi connectivity index (χ2n) is 7.43. The van der Waals surface area contributed by atoms with E-state index in [0.29, 0.717) is 11.7 Å². The Labute approximate surface area is 154 Å². The van der Waals surface area contributed by atoms with Crippen LogP contribution in [0.4, 0.5) is 16.2 Å². The van der Waals surface area contributed by atoms with Gasteiger partial charge in [-0.3, -0.25) is 4.79 Å². The van der Waals surface area contributed by atoms with Gasteiger partial charge in [0.1, 0.15) is 11.6 Å². The minimum absolute atomic E-state index is 0.308. The van der Waals surface area contributed by atoms with Gasteiger partial charge in [0, 0.05) is 19.3 Å². The van der Waals surface area contributed by atoms with E-state index in [-0.39, 0.29) is 5.91 Å². The van der Waals surface area contributed by atoms with Crippen LogP contribution in [0.2, 0.25) is 0 Å². The molecule has 7 heteroatoms. The molecule has 0 unspecified atom stereocenters. The van der Waals surface area contributed by atoms with Gasteiger partial charge in [0.05, 0.1) is 11.4 Å². The zero-order valence-corrected chi connectivity index (χ0v) is 15.9. The summed E-state index contributed by atoms with van der Waals surface area (Å²) in [6.45, 7) is 8.42. The summed E-state index contributed by atoms with van der Waals surface area (Å²) in [6, 6.07) is 7.13. The van der Waals surface area contributed by atoms with Gasteiger partial charge in [-0.1, -0.05) is 12.1 Å². The zero-order valence-electron chi connectivity index (χ0n) is 15.9. The first-order chi connectivity index (χ1) is 12.2. The van der Waals surface area contributed by atoms with E-state index in [2.05, 4.69) is 16.0 Å². The number of rotatable bonds is 5. The number of hydrogen-bond acceptors (Lipinski definition) is 5. The SMILES string of the molecule is C[C@H](NC(=O)OC(C)(C)C)C(=O)Nc1ccccc1NC1CCOCC1. The van der Waals surface area contributed by atoms with Crippen LogP contribution in [0, 0.1) is 0 Å². The Bertz CT molecular complexity index is 621. The van der Waals surface area contributed by atoms with E-state index < -0.39 is 17.7 Å². The summed E-state index contributed by atoms with van der Waals surface area (Å²) in [4.78, 5) is 24.2. The maximum Gasteiger partial charge on any atom is 0.408 e. The van der Waals surface area contributed by atoms with E-state index in [1.807, 2.05) is 24.3 Å². The fourth-order valence-electron chi connectivity index (χ4n) is 2.57. The number of anilines is 2. The number of ether oxygens (including phenoxy) is 2. The van der Waals surface area contributed by atoms with Crippen LogP contribution >= 0.6 is 0 Å². The molecule has 1 fully saturated rings. The van der Waals surface area contributed by atoms with Crippen LogP contribution in [-0.4, -0.2) is 42.9 Å². The average Bonchev–Trinajstić information content (AvgIpc) is 2.55. The number of nitrogens with one attached hydrogen (secondary N) is 3. The van der Waals surface area contributed by atoms with Crippen molar-refractivity contribution in [3.63, 3.8) is 0 Å². The van der Waals surface area contributed by atoms with Gasteiger partial charge in [0.15, 0.2) is 0 Å². The molecule has 1 aromatic rings. The summed E-state index contributed by atoms with van der Waals surface area (Å²) in [5.74, 6) is -0.308. The summed E-state index contributed by atoms with van der Waals surface area (Å²) >= 11 is 0. The summed E-state index contributed by atoms with van der Waals surface area (Å²) < 4.78 is 10.6. The smallest absolute Gasteiger partial charge is 0.408 e. The maximum absolute atomic E-state index is 12.4. The minimum atomic E-state index is -0.721. The van der Waals surface area contributed by atoms with E-state index in [0.717, 1.165) is 31.7 Å². The molecule has 1 atom stereocenters. The van der Waals surface area contributed by atoms with E-state index in [4.69, 9.17) is 9.47 Å². The Morgan fingerprint density at radius 1 is 1.15 bits per heavy atom. The molecular formula is C19H29N3O4. The highest BCUT2D eigenvalue weighted by atomic mass is 16.6. The third-order valence-electron chi connectivity index (χ3n) is 3.89. The van der Waals surface area contributed by atoms with Crippen LogP contribution in [0.15, 0.2) is 24.3 Å². The van der Waals surface area contributed by atoms with Gasteiger partial charge in [0.2, 0.25) is 5.91 Å². The lowest BCUT2D eigenvalue weighted by atomic mass is 10.1. The van der Waals surface area contributed by atoms with E-state index >= 15 is 0 Å². The molecule has 0 aromatic heterocycles. The molecule has 0 saturated carbocycles. The van der Waals surface area contributed by atoms with E-state index in [1.165, 1.54) is 0 Å². The van der Waals surface area contributed by atoms with E-state index in [1.54, 1.807) is 27.7 Å². The topological polar surface area (TPSA) is 88.7 Å². The van der Waals surface area contributed by atoms with Crippen molar-refractivity contribution in [2.75, 3.05) is 23.8 Å². The van der Waals surface area contributed by atoms with Gasteiger partial charge in [-0.05, 0) is 52.7 Å². The quantitative estimate of drug-likeness (QED) is 0.748. The monoisotopic (exact) mass is 363 g/mol. The lowest BCUT2D eigenvalue weighted by Gasteiger charge is -2.26. The lowest BCUT2D eigenvalue weighted by molar-refractivity contribution is -0.117. The number of carbonyl (C=O) groups is 2. The lowest BCUT2D eigenvalue weighted by Crippen LogP contribution is -2.44. The summed E-state index contributed by atoms with van der Waals surface area (Å²) in [6.07, 6.45) is 1.24. The van der Waals surface area contributed by atoms with Gasteiger partial charge in [-0.15, -0.1) is 0 Å². The highest BCUT2D eigenvalue weighted by molar-refractivity contribution is 5.98. The standard InChI is InChI=1S/C19H29N3O4/c1-13(20-18(24)26-19(2,3)4)17(23)22-16-8-6-5-7-15(16)21-14-9-11-25-12-10-14/h5-8,13-14,21H,9-12H2,1-4H3,(H,20,24)(H,22,23)/t13-/m0/s1. The zero-order chi connectivity index (χ0) is 19.2. The number of carbonyl (C=O) groups excluding carboxylic acids is 2. The van der Waals surface area contributed by atoms with Crippen molar-refractivity contribution < 1.29 is 19.1 Å². The summed E-state index contributed by atoms with van der Waals surface area (Å²) in [5, 5.41) is 8.87. The summed E-state index contributed by atoms with van der Waals surface area (Å²) in [5.41, 5.74) is 0.930. The maximum atomic E-state index is 12.4. The largest absolute Gasteiger partial charge is 0.444 e. The van der Waals surface area contributed by atoms with Gasteiger partial charge < -0.3 is 25.4 Å². The normalized spacial score (nSPS) is 16.5. The molecule has 0 spiro atoms. The molecule has 0 radical (unpaired) electrons. The number of para-hydroxylation sites is 2. The second-order valence-corrected chi connectivity index (χ2v) is 7.43. The molecule has 2 amide bonds. The first-order valence-electron chi connectivity index (χ1n) is 8.98. The molecule has 144 valence electrons. The molecule has 26 heavy (non-hydrogen) atoms. The Hall–Kier alpha value is -2.28. The number of benzene rings is 1. The number of alkyl carbamates (subject to hydrolysis) is 1. The molecule has 0 bridgehead atoms. The Morgan fingerprint density at radius 3 is 2.38 bits per heavy atom. The van der Waals surface area contributed by atoms with Crippen molar-refractivity contribution in [3.8, 4) is 0 Å². The van der Waals surface area contributed by atoms with Crippen molar-refractivity contribution in [1.82, 2.24) is 5.32 Å². The fraction of sp³-hybridized carbons (Fsp3) is 0.579. The number of hydrogen-bond donors (Lipinski definition) is 3. The highest BCUT2D eigenvalue weighted by Crippen LogP contribution is 2.24. The minimum Gasteiger partial charge on any atom is -0.444 e. The molecular weight excluding hydrogens is 334 g/mol. The molecule has 1 aliphatic heterocycles. The Balaban J connectivity index is 1.94. The molecule has 0 aliphatic carbocycles. The van der Waals surface area contributed by atoms with Gasteiger partial charge in [-0.25, -0.2) is 4.79 Å². The molecule has 1 saturated heterocycles. The molecule has 1 heterocycles. The van der Waals surface area contributed by atoms with Gasteiger partial charge in [-0.2, -0.15) is 0 Å². The van der Waals surface area contributed by atoms with Crippen LogP contribution in [-0.2, 0) is 14.3 Å². The van der Waals surface area contributed by atoms with Crippen LogP contribution in [0.3, 0.4) is 0 Å². The van der Waals surface area contributed by atoms with Crippen LogP contribution < -0.4 is 16.0 Å². The fourth-order valence-corrected chi connectivity index (χ4v) is 2.57. The molecule has 7 nitrogen and oxygen atoms in total. The third-order valence-corrected chi connectivity index (χ3v) is 3.89.